The van der Waals surface area contributed by atoms with E-state index in [-0.39, 0.29) is 12.4 Å². The Hall–Kier alpha value is -1.21. The van der Waals surface area contributed by atoms with E-state index in [1.54, 1.807) is 35.5 Å². The number of pyridine rings is 2. The van der Waals surface area contributed by atoms with Gasteiger partial charge in [0.05, 0.1) is 28.0 Å². The van der Waals surface area contributed by atoms with Crippen LogP contribution in [0.1, 0.15) is 11.4 Å². The van der Waals surface area contributed by atoms with E-state index < -0.39 is 4.32 Å². The Bertz CT molecular complexity index is 702. The average molecular weight is 436 g/mol. The molecule has 9 heteroatoms. The first-order valence-electron chi connectivity index (χ1n) is 6.33. The van der Waals surface area contributed by atoms with E-state index in [2.05, 4.69) is 36.0 Å². The fourth-order valence-corrected chi connectivity index (χ4v) is 3.00. The lowest BCUT2D eigenvalue weighted by atomic mass is 9.99. The number of aromatic nitrogens is 5. The lowest BCUT2D eigenvalue weighted by Crippen LogP contribution is -2.29. The first-order valence-corrected chi connectivity index (χ1v) is 7.88. The molecule has 3 rings (SSSR count). The van der Waals surface area contributed by atoms with Crippen molar-refractivity contribution in [1.29, 1.82) is 0 Å². The Morgan fingerprint density at radius 3 is 1.96 bits per heavy atom. The molecule has 0 saturated heterocycles. The normalized spacial score (nSPS) is 11.1. The van der Waals surface area contributed by atoms with Crippen LogP contribution in [-0.2, 0) is 10.9 Å². The maximum absolute atomic E-state index is 5.93. The summed E-state index contributed by atoms with van der Waals surface area (Å²) >= 11 is 15.6. The van der Waals surface area contributed by atoms with E-state index in [1.807, 2.05) is 12.1 Å². The van der Waals surface area contributed by atoms with E-state index in [9.17, 15) is 0 Å². The second-order valence-corrected chi connectivity index (χ2v) is 6.84. The van der Waals surface area contributed by atoms with Gasteiger partial charge in [0.25, 0.3) is 0 Å². The van der Waals surface area contributed by atoms with Crippen molar-refractivity contribution in [3.05, 3.63) is 70.7 Å². The van der Waals surface area contributed by atoms with Crippen LogP contribution in [0.4, 0.5) is 0 Å². The Kier molecular flexibility index (Phi) is 5.97. The zero-order chi connectivity index (χ0) is 15.6. The molecule has 23 heavy (non-hydrogen) atoms. The molecule has 0 aliphatic carbocycles. The predicted octanol–water partition coefficient (Wildman–Crippen LogP) is 4.14. The molecular formula is C14H11BrCl3N5. The van der Waals surface area contributed by atoms with Crippen LogP contribution in [0, 0.1) is 0 Å². The van der Waals surface area contributed by atoms with Gasteiger partial charge >= 0.3 is 0 Å². The summed E-state index contributed by atoms with van der Waals surface area (Å²) < 4.78 is 1.04. The van der Waals surface area contributed by atoms with Gasteiger partial charge in [-0.05, 0) is 24.3 Å². The van der Waals surface area contributed by atoms with E-state index >= 15 is 0 Å². The standard InChI is InChI=1S/C14H10BrCl2N5.ClH/c15-14(7-22-9-18-8-21-22,12-3-1-10(16)5-19-12)13-4-2-11(17)6-20-13;/h1-6,8-9H,7H2;1H. The summed E-state index contributed by atoms with van der Waals surface area (Å²) in [5.74, 6) is 0. The molecular weight excluding hydrogens is 424 g/mol. The van der Waals surface area contributed by atoms with Gasteiger partial charge in [-0.1, -0.05) is 39.1 Å². The highest BCUT2D eigenvalue weighted by Gasteiger charge is 2.35. The van der Waals surface area contributed by atoms with Crippen LogP contribution < -0.4 is 0 Å². The molecule has 3 heterocycles. The molecule has 0 unspecified atom stereocenters. The van der Waals surface area contributed by atoms with Crippen molar-refractivity contribution < 1.29 is 0 Å². The number of nitrogens with zero attached hydrogens (tertiary/aromatic N) is 5. The van der Waals surface area contributed by atoms with Crippen molar-refractivity contribution in [2.45, 2.75) is 10.9 Å². The zero-order valence-corrected chi connectivity index (χ0v) is 15.5. The largest absolute Gasteiger partial charge is 0.258 e. The van der Waals surface area contributed by atoms with Gasteiger partial charge in [0, 0.05) is 12.4 Å². The highest BCUT2D eigenvalue weighted by molar-refractivity contribution is 9.09. The fraction of sp³-hybridized carbons (Fsp3) is 0.143. The van der Waals surface area contributed by atoms with Crippen LogP contribution in [0.2, 0.25) is 10.0 Å². The number of hydrogen-bond acceptors (Lipinski definition) is 4. The lowest BCUT2D eigenvalue weighted by Gasteiger charge is -2.26. The molecule has 0 fully saturated rings. The smallest absolute Gasteiger partial charge is 0.137 e. The van der Waals surface area contributed by atoms with E-state index in [0.717, 1.165) is 11.4 Å². The van der Waals surface area contributed by atoms with Crippen molar-refractivity contribution >= 4 is 51.5 Å². The van der Waals surface area contributed by atoms with Gasteiger partial charge < -0.3 is 0 Å². The molecule has 5 nitrogen and oxygen atoms in total. The number of alkyl halides is 1. The minimum absolute atomic E-state index is 0. The molecule has 0 atom stereocenters. The highest BCUT2D eigenvalue weighted by atomic mass is 79.9. The summed E-state index contributed by atoms with van der Waals surface area (Å²) in [6.07, 6.45) is 6.33. The van der Waals surface area contributed by atoms with Crippen molar-refractivity contribution in [3.63, 3.8) is 0 Å². The van der Waals surface area contributed by atoms with Gasteiger partial charge in [0.15, 0.2) is 0 Å². The van der Waals surface area contributed by atoms with Gasteiger partial charge in [-0.25, -0.2) is 4.98 Å². The number of rotatable bonds is 4. The zero-order valence-electron chi connectivity index (χ0n) is 11.6. The van der Waals surface area contributed by atoms with Gasteiger partial charge in [0.2, 0.25) is 0 Å². The minimum Gasteiger partial charge on any atom is -0.258 e. The minimum atomic E-state index is -0.671. The quantitative estimate of drug-likeness (QED) is 0.578. The third-order valence-corrected chi connectivity index (χ3v) is 4.62. The highest BCUT2D eigenvalue weighted by Crippen LogP contribution is 2.38. The summed E-state index contributed by atoms with van der Waals surface area (Å²) in [4.78, 5) is 12.8. The monoisotopic (exact) mass is 433 g/mol. The van der Waals surface area contributed by atoms with Gasteiger partial charge in [-0.2, -0.15) is 5.10 Å². The maximum Gasteiger partial charge on any atom is 0.137 e. The molecule has 120 valence electrons. The molecule has 0 bridgehead atoms. The van der Waals surface area contributed by atoms with Crippen LogP contribution in [-0.4, -0.2) is 24.7 Å². The molecule has 0 aliphatic rings. The van der Waals surface area contributed by atoms with Crippen LogP contribution in [0.3, 0.4) is 0 Å². The molecule has 0 amide bonds. The Morgan fingerprint density at radius 1 is 1.00 bits per heavy atom. The van der Waals surface area contributed by atoms with E-state index in [1.165, 1.54) is 6.33 Å². The summed E-state index contributed by atoms with van der Waals surface area (Å²) in [6.45, 7) is 0.469. The number of halogens is 4. The van der Waals surface area contributed by atoms with E-state index in [0.29, 0.717) is 16.6 Å². The first-order chi connectivity index (χ1) is 10.6. The number of hydrogen-bond donors (Lipinski definition) is 0. The second-order valence-electron chi connectivity index (χ2n) is 4.62. The molecule has 0 aliphatic heterocycles. The summed E-state index contributed by atoms with van der Waals surface area (Å²) in [5.41, 5.74) is 1.53. The molecule has 0 N–H and O–H groups in total. The average Bonchev–Trinajstić information content (AvgIpc) is 3.01. The first kappa shape index (κ1) is 18.1. The van der Waals surface area contributed by atoms with Gasteiger partial charge in [-0.3, -0.25) is 14.6 Å². The third kappa shape index (κ3) is 4.01. The molecule has 0 saturated carbocycles. The molecule has 3 aromatic rings. The van der Waals surface area contributed by atoms with Crippen LogP contribution >= 0.6 is 51.5 Å². The van der Waals surface area contributed by atoms with Crippen molar-refractivity contribution in [2.75, 3.05) is 0 Å². The van der Waals surface area contributed by atoms with Gasteiger partial charge in [-0.15, -0.1) is 12.4 Å². The van der Waals surface area contributed by atoms with Crippen LogP contribution in [0.5, 0.6) is 0 Å². The fourth-order valence-electron chi connectivity index (χ4n) is 2.05. The Balaban J connectivity index is 0.00000192. The van der Waals surface area contributed by atoms with Crippen molar-refractivity contribution in [3.8, 4) is 0 Å². The predicted molar refractivity (Wildman–Crippen MR) is 95.5 cm³/mol. The summed E-state index contributed by atoms with van der Waals surface area (Å²) in [7, 11) is 0. The maximum atomic E-state index is 5.93. The molecule has 3 aromatic heterocycles. The summed E-state index contributed by atoms with van der Waals surface area (Å²) in [5, 5.41) is 5.30. The molecule has 0 spiro atoms. The topological polar surface area (TPSA) is 56.5 Å². The van der Waals surface area contributed by atoms with Crippen molar-refractivity contribution in [1.82, 2.24) is 24.7 Å². The summed E-state index contributed by atoms with van der Waals surface area (Å²) in [6, 6.07) is 7.28. The van der Waals surface area contributed by atoms with E-state index in [4.69, 9.17) is 23.2 Å². The van der Waals surface area contributed by atoms with Crippen LogP contribution in [0.15, 0.2) is 49.3 Å². The Labute approximate surface area is 157 Å². The Morgan fingerprint density at radius 2 is 1.57 bits per heavy atom. The second kappa shape index (κ2) is 7.57. The lowest BCUT2D eigenvalue weighted by molar-refractivity contribution is 0.519. The van der Waals surface area contributed by atoms with Crippen molar-refractivity contribution in [2.24, 2.45) is 0 Å². The SMILES string of the molecule is Cl.Clc1ccc(C(Br)(Cn2cncn2)c2ccc(Cl)cn2)nc1. The molecule has 0 radical (unpaired) electrons. The molecule has 0 aromatic carbocycles. The third-order valence-electron chi connectivity index (χ3n) is 3.11. The van der Waals surface area contributed by atoms with Crippen LogP contribution in [0.25, 0.3) is 0 Å². The van der Waals surface area contributed by atoms with Gasteiger partial charge in [0.1, 0.15) is 17.0 Å².